The van der Waals surface area contributed by atoms with E-state index in [1.54, 1.807) is 38.1 Å². The second-order valence-electron chi connectivity index (χ2n) is 5.66. The Hall–Kier alpha value is -1.20. The molecule has 1 atom stereocenters. The molecule has 0 fully saturated rings. The molecular weight excluding hydrogens is 264 g/mol. The highest BCUT2D eigenvalue weighted by Crippen LogP contribution is 2.16. The van der Waals surface area contributed by atoms with Crippen LogP contribution >= 0.6 is 0 Å². The molecule has 3 nitrogen and oxygen atoms in total. The van der Waals surface area contributed by atoms with E-state index >= 15 is 0 Å². The highest BCUT2D eigenvalue weighted by Gasteiger charge is 2.13. The minimum absolute atomic E-state index is 0.178. The summed E-state index contributed by atoms with van der Waals surface area (Å²) in [7, 11) is 0. The SMILES string of the molecule is CC(CCc1ccc(OC(F)F)cc1)NCC(C)(C)O. The Morgan fingerprint density at radius 2 is 1.85 bits per heavy atom. The molecule has 0 aliphatic carbocycles. The topological polar surface area (TPSA) is 41.5 Å². The van der Waals surface area contributed by atoms with E-state index in [9.17, 15) is 13.9 Å². The van der Waals surface area contributed by atoms with Crippen molar-refractivity contribution in [1.82, 2.24) is 5.32 Å². The second kappa shape index (κ2) is 7.55. The molecule has 5 heteroatoms. The first-order valence-electron chi connectivity index (χ1n) is 6.76. The number of nitrogens with one attached hydrogen (secondary N) is 1. The minimum atomic E-state index is -2.79. The van der Waals surface area contributed by atoms with Gasteiger partial charge in [0.05, 0.1) is 5.60 Å². The van der Waals surface area contributed by atoms with Crippen LogP contribution in [0.2, 0.25) is 0 Å². The van der Waals surface area contributed by atoms with E-state index in [0.29, 0.717) is 6.54 Å². The molecule has 1 aromatic rings. The van der Waals surface area contributed by atoms with E-state index in [0.717, 1.165) is 18.4 Å². The highest BCUT2D eigenvalue weighted by atomic mass is 19.3. The standard InChI is InChI=1S/C15H23F2NO2/c1-11(18-10-15(2,3)19)4-5-12-6-8-13(9-7-12)20-14(16)17/h6-9,11,14,18-19H,4-5,10H2,1-3H3. The molecule has 0 amide bonds. The number of aliphatic hydroxyl groups is 1. The molecule has 1 aromatic carbocycles. The van der Waals surface area contributed by atoms with Crippen LogP contribution in [0.1, 0.15) is 32.8 Å². The first-order valence-corrected chi connectivity index (χ1v) is 6.76. The summed E-state index contributed by atoms with van der Waals surface area (Å²) in [6.07, 6.45) is 1.75. The van der Waals surface area contributed by atoms with Gasteiger partial charge in [-0.1, -0.05) is 12.1 Å². The number of rotatable bonds is 8. The quantitative estimate of drug-likeness (QED) is 0.772. The van der Waals surface area contributed by atoms with Gasteiger partial charge in [0.25, 0.3) is 0 Å². The fourth-order valence-electron chi connectivity index (χ4n) is 1.75. The molecule has 20 heavy (non-hydrogen) atoms. The Balaban J connectivity index is 2.34. The molecule has 0 saturated carbocycles. The van der Waals surface area contributed by atoms with E-state index in [2.05, 4.69) is 17.0 Å². The predicted molar refractivity (Wildman–Crippen MR) is 75.2 cm³/mol. The molecule has 0 spiro atoms. The lowest BCUT2D eigenvalue weighted by atomic mass is 10.0. The Bertz CT molecular complexity index is 388. The van der Waals surface area contributed by atoms with E-state index in [4.69, 9.17) is 0 Å². The van der Waals surface area contributed by atoms with Gasteiger partial charge in [0.2, 0.25) is 0 Å². The molecular formula is C15H23F2NO2. The number of aryl methyl sites for hydroxylation is 1. The van der Waals surface area contributed by atoms with Gasteiger partial charge in [-0.25, -0.2) is 0 Å². The zero-order valence-electron chi connectivity index (χ0n) is 12.2. The fraction of sp³-hybridized carbons (Fsp3) is 0.600. The Kier molecular flexibility index (Phi) is 6.36. The largest absolute Gasteiger partial charge is 0.435 e. The van der Waals surface area contributed by atoms with Gasteiger partial charge < -0.3 is 15.2 Å². The maximum Gasteiger partial charge on any atom is 0.387 e. The zero-order chi connectivity index (χ0) is 15.2. The van der Waals surface area contributed by atoms with Crippen LogP contribution in [0.5, 0.6) is 5.75 Å². The van der Waals surface area contributed by atoms with Gasteiger partial charge in [-0.05, 0) is 51.3 Å². The van der Waals surface area contributed by atoms with Crippen LogP contribution in [0.4, 0.5) is 8.78 Å². The molecule has 0 bridgehead atoms. The normalized spacial score (nSPS) is 13.6. The minimum Gasteiger partial charge on any atom is -0.435 e. The first kappa shape index (κ1) is 16.9. The summed E-state index contributed by atoms with van der Waals surface area (Å²) in [5, 5.41) is 12.9. The van der Waals surface area contributed by atoms with Gasteiger partial charge in [-0.3, -0.25) is 0 Å². The summed E-state index contributed by atoms with van der Waals surface area (Å²) in [6, 6.07) is 6.96. The third-order valence-electron chi connectivity index (χ3n) is 2.90. The molecule has 0 aromatic heterocycles. The third kappa shape index (κ3) is 7.40. The van der Waals surface area contributed by atoms with Gasteiger partial charge in [-0.15, -0.1) is 0 Å². The molecule has 0 heterocycles. The van der Waals surface area contributed by atoms with E-state index in [-0.39, 0.29) is 11.8 Å². The van der Waals surface area contributed by atoms with Gasteiger partial charge in [0.15, 0.2) is 0 Å². The summed E-state index contributed by atoms with van der Waals surface area (Å²) in [6.45, 7) is 3.32. The van der Waals surface area contributed by atoms with Crippen molar-refractivity contribution >= 4 is 0 Å². The lowest BCUT2D eigenvalue weighted by Crippen LogP contribution is -2.39. The van der Waals surface area contributed by atoms with Crippen LogP contribution in [0.25, 0.3) is 0 Å². The van der Waals surface area contributed by atoms with Crippen molar-refractivity contribution < 1.29 is 18.6 Å². The molecule has 1 unspecified atom stereocenters. The molecule has 114 valence electrons. The van der Waals surface area contributed by atoms with E-state index in [1.807, 2.05) is 0 Å². The van der Waals surface area contributed by atoms with Crippen molar-refractivity contribution in [3.63, 3.8) is 0 Å². The van der Waals surface area contributed by atoms with Gasteiger partial charge in [0, 0.05) is 12.6 Å². The van der Waals surface area contributed by atoms with Crippen molar-refractivity contribution in [2.24, 2.45) is 0 Å². The number of hydrogen-bond donors (Lipinski definition) is 2. The van der Waals surface area contributed by atoms with E-state index < -0.39 is 12.2 Å². The van der Waals surface area contributed by atoms with Crippen molar-refractivity contribution in [3.05, 3.63) is 29.8 Å². The van der Waals surface area contributed by atoms with Crippen LogP contribution in [-0.2, 0) is 6.42 Å². The van der Waals surface area contributed by atoms with Crippen molar-refractivity contribution in [2.45, 2.75) is 51.9 Å². The number of hydrogen-bond acceptors (Lipinski definition) is 3. The summed E-state index contributed by atoms with van der Waals surface area (Å²) in [5.41, 5.74) is 0.353. The van der Waals surface area contributed by atoms with Crippen LogP contribution in [0.3, 0.4) is 0 Å². The predicted octanol–water partition coefficient (Wildman–Crippen LogP) is 2.97. The van der Waals surface area contributed by atoms with Crippen molar-refractivity contribution in [2.75, 3.05) is 6.54 Å². The number of ether oxygens (including phenoxy) is 1. The monoisotopic (exact) mass is 287 g/mol. The Morgan fingerprint density at radius 3 is 2.35 bits per heavy atom. The molecule has 0 radical (unpaired) electrons. The smallest absolute Gasteiger partial charge is 0.387 e. The van der Waals surface area contributed by atoms with Crippen LogP contribution in [-0.4, -0.2) is 29.9 Å². The number of alkyl halides is 2. The second-order valence-corrected chi connectivity index (χ2v) is 5.66. The Morgan fingerprint density at radius 1 is 1.25 bits per heavy atom. The maximum absolute atomic E-state index is 12.0. The first-order chi connectivity index (χ1) is 9.26. The summed E-state index contributed by atoms with van der Waals surface area (Å²) in [5.74, 6) is 0.178. The van der Waals surface area contributed by atoms with Crippen molar-refractivity contribution in [1.29, 1.82) is 0 Å². The average Bonchev–Trinajstić information content (AvgIpc) is 2.34. The van der Waals surface area contributed by atoms with Crippen LogP contribution in [0, 0.1) is 0 Å². The zero-order valence-corrected chi connectivity index (χ0v) is 12.2. The molecule has 2 N–H and O–H groups in total. The summed E-state index contributed by atoms with van der Waals surface area (Å²) in [4.78, 5) is 0. The van der Waals surface area contributed by atoms with Gasteiger partial charge >= 0.3 is 6.61 Å². The lowest BCUT2D eigenvalue weighted by Gasteiger charge is -2.21. The summed E-state index contributed by atoms with van der Waals surface area (Å²) >= 11 is 0. The van der Waals surface area contributed by atoms with Crippen LogP contribution in [0.15, 0.2) is 24.3 Å². The third-order valence-corrected chi connectivity index (χ3v) is 2.90. The maximum atomic E-state index is 12.0. The number of benzene rings is 1. The molecule has 0 aliphatic heterocycles. The van der Waals surface area contributed by atoms with Gasteiger partial charge in [0.1, 0.15) is 5.75 Å². The average molecular weight is 287 g/mol. The lowest BCUT2D eigenvalue weighted by molar-refractivity contribution is -0.0498. The van der Waals surface area contributed by atoms with E-state index in [1.165, 1.54) is 0 Å². The molecule has 0 saturated heterocycles. The fourth-order valence-corrected chi connectivity index (χ4v) is 1.75. The Labute approximate surface area is 119 Å². The van der Waals surface area contributed by atoms with Gasteiger partial charge in [-0.2, -0.15) is 8.78 Å². The number of halogens is 2. The van der Waals surface area contributed by atoms with Crippen LogP contribution < -0.4 is 10.1 Å². The summed E-state index contributed by atoms with van der Waals surface area (Å²) < 4.78 is 28.3. The highest BCUT2D eigenvalue weighted by molar-refractivity contribution is 5.27. The molecule has 1 rings (SSSR count). The molecule has 0 aliphatic rings. The van der Waals surface area contributed by atoms with Crippen molar-refractivity contribution in [3.8, 4) is 5.75 Å².